The Morgan fingerprint density at radius 1 is 1.30 bits per heavy atom. The first-order chi connectivity index (χ1) is 10.8. The molecule has 1 aromatic carbocycles. The minimum absolute atomic E-state index is 0.0297. The van der Waals surface area contributed by atoms with Gasteiger partial charge >= 0.3 is 0 Å². The number of ether oxygens (including phenoxy) is 2. The molecule has 2 aliphatic rings. The van der Waals surface area contributed by atoms with E-state index < -0.39 is 5.41 Å². The van der Waals surface area contributed by atoms with E-state index in [9.17, 15) is 4.79 Å². The topological polar surface area (TPSA) is 47.6 Å². The average molecular weight is 315 g/mol. The van der Waals surface area contributed by atoms with Crippen molar-refractivity contribution in [3.8, 4) is 11.5 Å². The number of nitrogens with one attached hydrogen (secondary N) is 1. The lowest BCUT2D eigenvalue weighted by molar-refractivity contribution is -0.123. The fourth-order valence-electron chi connectivity index (χ4n) is 4.30. The molecule has 0 radical (unpaired) electrons. The molecule has 2 fully saturated rings. The van der Waals surface area contributed by atoms with Gasteiger partial charge < -0.3 is 14.8 Å². The molecule has 1 N–H and O–H groups in total. The third-order valence-electron chi connectivity index (χ3n) is 5.98. The maximum Gasteiger partial charge on any atom is 0.234 e. The summed E-state index contributed by atoms with van der Waals surface area (Å²) in [5.41, 5.74) is 1.31. The molecule has 4 heteroatoms. The summed E-state index contributed by atoms with van der Waals surface area (Å²) in [6.45, 7) is 8.70. The molecule has 1 aromatic rings. The number of carbonyl (C=O) groups excluding carboxylic acids is 1. The summed E-state index contributed by atoms with van der Waals surface area (Å²) in [5.74, 6) is 1.90. The molecule has 0 aliphatic heterocycles. The Labute approximate surface area is 137 Å². The van der Waals surface area contributed by atoms with Gasteiger partial charge in [0, 0.05) is 6.07 Å². The summed E-state index contributed by atoms with van der Waals surface area (Å²) in [6, 6.07) is 5.41. The zero-order valence-corrected chi connectivity index (χ0v) is 14.4. The summed E-state index contributed by atoms with van der Waals surface area (Å²) >= 11 is 0. The molecule has 0 spiro atoms. The predicted octanol–water partition coefficient (Wildman–Crippen LogP) is 4.02. The number of hydrogen-bond acceptors (Lipinski definition) is 3. The van der Waals surface area contributed by atoms with Crippen molar-refractivity contribution < 1.29 is 14.3 Å². The van der Waals surface area contributed by atoms with Crippen LogP contribution in [-0.2, 0) is 4.79 Å². The van der Waals surface area contributed by atoms with Crippen molar-refractivity contribution in [1.29, 1.82) is 0 Å². The van der Waals surface area contributed by atoms with Crippen LogP contribution in [-0.4, -0.2) is 20.1 Å². The van der Waals surface area contributed by atoms with Crippen molar-refractivity contribution >= 4 is 11.6 Å². The van der Waals surface area contributed by atoms with E-state index in [0.717, 1.165) is 24.8 Å². The fraction of sp³-hybridized carbons (Fsp3) is 0.526. The molecule has 2 bridgehead atoms. The van der Waals surface area contributed by atoms with Gasteiger partial charge in [-0.3, -0.25) is 4.79 Å². The van der Waals surface area contributed by atoms with Gasteiger partial charge in [0.25, 0.3) is 0 Å². The van der Waals surface area contributed by atoms with E-state index in [2.05, 4.69) is 25.7 Å². The van der Waals surface area contributed by atoms with Gasteiger partial charge in [-0.25, -0.2) is 0 Å². The van der Waals surface area contributed by atoms with Gasteiger partial charge in [0.2, 0.25) is 5.91 Å². The lowest BCUT2D eigenvalue weighted by Gasteiger charge is -2.37. The average Bonchev–Trinajstić information content (AvgIpc) is 3.07. The normalized spacial score (nSPS) is 27.8. The largest absolute Gasteiger partial charge is 0.497 e. The molecule has 0 saturated heterocycles. The van der Waals surface area contributed by atoms with Crippen LogP contribution >= 0.6 is 0 Å². The van der Waals surface area contributed by atoms with Crippen molar-refractivity contribution in [1.82, 2.24) is 0 Å². The molecular formula is C19H25NO3. The minimum Gasteiger partial charge on any atom is -0.497 e. The summed E-state index contributed by atoms with van der Waals surface area (Å²) < 4.78 is 10.6. The first kappa shape index (κ1) is 15.9. The van der Waals surface area contributed by atoms with Crippen LogP contribution in [0.4, 0.5) is 5.69 Å². The van der Waals surface area contributed by atoms with Gasteiger partial charge in [0.05, 0.1) is 25.3 Å². The molecule has 2 atom stereocenters. The van der Waals surface area contributed by atoms with Gasteiger partial charge in [-0.1, -0.05) is 26.0 Å². The highest BCUT2D eigenvalue weighted by molar-refractivity contribution is 5.99. The van der Waals surface area contributed by atoms with Gasteiger partial charge in [0.1, 0.15) is 11.5 Å². The summed E-state index contributed by atoms with van der Waals surface area (Å²) in [7, 11) is 3.20. The van der Waals surface area contributed by atoms with Crippen LogP contribution < -0.4 is 14.8 Å². The summed E-state index contributed by atoms with van der Waals surface area (Å²) in [5, 5.41) is 3.06. The summed E-state index contributed by atoms with van der Waals surface area (Å²) in [4.78, 5) is 13.1. The van der Waals surface area contributed by atoms with E-state index in [1.807, 2.05) is 6.07 Å². The molecule has 4 nitrogen and oxygen atoms in total. The van der Waals surface area contributed by atoms with Gasteiger partial charge in [-0.2, -0.15) is 0 Å². The first-order valence-electron chi connectivity index (χ1n) is 8.08. The van der Waals surface area contributed by atoms with Crippen LogP contribution in [0.25, 0.3) is 0 Å². The second-order valence-electron chi connectivity index (χ2n) is 7.24. The van der Waals surface area contributed by atoms with Crippen molar-refractivity contribution in [2.24, 2.45) is 16.7 Å². The molecule has 23 heavy (non-hydrogen) atoms. The molecule has 2 aliphatic carbocycles. The fourth-order valence-corrected chi connectivity index (χ4v) is 4.30. The number of rotatable bonds is 4. The molecular weight excluding hydrogens is 290 g/mol. The quantitative estimate of drug-likeness (QED) is 0.854. The second kappa shape index (κ2) is 5.29. The Bertz CT molecular complexity index is 665. The highest BCUT2D eigenvalue weighted by Crippen LogP contribution is 2.65. The molecule has 0 unspecified atom stereocenters. The van der Waals surface area contributed by atoms with Crippen LogP contribution in [0.5, 0.6) is 11.5 Å². The SMILES string of the molecule is C=C1C(C)(C)[C@H]2CC[C@]1(C(=O)Nc1cc(OC)ccc1OC)C2. The monoisotopic (exact) mass is 315 g/mol. The highest BCUT2D eigenvalue weighted by atomic mass is 16.5. The van der Waals surface area contributed by atoms with Gasteiger partial charge in [-0.05, 0) is 42.7 Å². The Morgan fingerprint density at radius 2 is 2.04 bits per heavy atom. The van der Waals surface area contributed by atoms with Crippen molar-refractivity contribution in [2.45, 2.75) is 33.1 Å². The maximum atomic E-state index is 13.1. The smallest absolute Gasteiger partial charge is 0.234 e. The van der Waals surface area contributed by atoms with Crippen LogP contribution in [0.1, 0.15) is 33.1 Å². The van der Waals surface area contributed by atoms with E-state index in [4.69, 9.17) is 9.47 Å². The van der Waals surface area contributed by atoms with E-state index in [0.29, 0.717) is 23.1 Å². The minimum atomic E-state index is -0.442. The molecule has 1 amide bonds. The van der Waals surface area contributed by atoms with Crippen LogP contribution in [0.3, 0.4) is 0 Å². The number of methoxy groups -OCH3 is 2. The maximum absolute atomic E-state index is 13.1. The molecule has 124 valence electrons. The third-order valence-corrected chi connectivity index (χ3v) is 5.98. The van der Waals surface area contributed by atoms with Crippen molar-refractivity contribution in [3.05, 3.63) is 30.4 Å². The standard InChI is InChI=1S/C19H25NO3/c1-12-18(2,3)13-8-9-19(12,11-13)17(21)20-15-10-14(22-4)6-7-16(15)23-5/h6-7,10,13H,1,8-9,11H2,2-5H3,(H,20,21)/t13-,19-/m0/s1. The van der Waals surface area contributed by atoms with Crippen LogP contribution in [0.2, 0.25) is 0 Å². The summed E-state index contributed by atoms with van der Waals surface area (Å²) in [6.07, 6.45) is 2.88. The van der Waals surface area contributed by atoms with E-state index >= 15 is 0 Å². The third kappa shape index (κ3) is 2.23. The number of carbonyl (C=O) groups is 1. The Hall–Kier alpha value is -1.97. The number of benzene rings is 1. The van der Waals surface area contributed by atoms with Gasteiger partial charge in [0.15, 0.2) is 0 Å². The van der Waals surface area contributed by atoms with E-state index in [1.54, 1.807) is 26.4 Å². The second-order valence-corrected chi connectivity index (χ2v) is 7.24. The van der Waals surface area contributed by atoms with Crippen molar-refractivity contribution in [3.63, 3.8) is 0 Å². The lowest BCUT2D eigenvalue weighted by atomic mass is 9.68. The van der Waals surface area contributed by atoms with E-state index in [1.165, 1.54) is 0 Å². The number of amides is 1. The highest BCUT2D eigenvalue weighted by Gasteiger charge is 2.60. The Balaban J connectivity index is 1.90. The first-order valence-corrected chi connectivity index (χ1v) is 8.08. The molecule has 2 saturated carbocycles. The number of anilines is 1. The Morgan fingerprint density at radius 3 is 2.61 bits per heavy atom. The molecule has 0 aromatic heterocycles. The van der Waals surface area contributed by atoms with Crippen LogP contribution in [0.15, 0.2) is 30.4 Å². The lowest BCUT2D eigenvalue weighted by Crippen LogP contribution is -2.37. The zero-order chi connectivity index (χ0) is 16.8. The van der Waals surface area contributed by atoms with Crippen molar-refractivity contribution in [2.75, 3.05) is 19.5 Å². The van der Waals surface area contributed by atoms with Crippen LogP contribution in [0, 0.1) is 16.7 Å². The Kier molecular flexibility index (Phi) is 3.66. The predicted molar refractivity (Wildman–Crippen MR) is 90.9 cm³/mol. The zero-order valence-electron chi connectivity index (χ0n) is 14.4. The van der Waals surface area contributed by atoms with Gasteiger partial charge in [-0.15, -0.1) is 0 Å². The number of hydrogen-bond donors (Lipinski definition) is 1. The molecule has 3 rings (SSSR count). The number of fused-ring (bicyclic) bond motifs is 2. The molecule has 0 heterocycles. The van der Waals surface area contributed by atoms with E-state index in [-0.39, 0.29) is 11.3 Å².